The molecule has 0 spiro atoms. The third-order valence-corrected chi connectivity index (χ3v) is 2.29. The fourth-order valence-electron chi connectivity index (χ4n) is 1.41. The van der Waals surface area contributed by atoms with E-state index in [9.17, 15) is 0 Å². The largest absolute Gasteiger partial charge is 0.490 e. The quantitative estimate of drug-likeness (QED) is 0.637. The lowest BCUT2D eigenvalue weighted by atomic mass is 10.3. The number of pyridine rings is 1. The fourth-order valence-corrected chi connectivity index (χ4v) is 1.41. The molecule has 0 amide bonds. The van der Waals surface area contributed by atoms with Crippen LogP contribution in [0.3, 0.4) is 0 Å². The van der Waals surface area contributed by atoms with E-state index in [1.165, 1.54) is 0 Å². The van der Waals surface area contributed by atoms with Gasteiger partial charge in [0, 0.05) is 26.9 Å². The number of hydrogen-bond acceptors (Lipinski definition) is 5. The minimum Gasteiger partial charge on any atom is -0.490 e. The molecule has 0 fully saturated rings. The molecule has 5 nitrogen and oxygen atoms in total. The average Bonchev–Trinajstić information content (AvgIpc) is 2.40. The smallest absolute Gasteiger partial charge is 0.137 e. The van der Waals surface area contributed by atoms with E-state index in [1.807, 2.05) is 19.2 Å². The average molecular weight is 254 g/mol. The predicted octanol–water partition coefficient (Wildman–Crippen LogP) is 1.23. The predicted molar refractivity (Wildman–Crippen MR) is 69.8 cm³/mol. The highest BCUT2D eigenvalue weighted by Crippen LogP contribution is 2.08. The second-order valence-corrected chi connectivity index (χ2v) is 3.82. The zero-order valence-electron chi connectivity index (χ0n) is 11.1. The Kier molecular flexibility index (Phi) is 8.12. The van der Waals surface area contributed by atoms with Crippen molar-refractivity contribution < 1.29 is 14.2 Å². The van der Waals surface area contributed by atoms with E-state index >= 15 is 0 Å². The van der Waals surface area contributed by atoms with Crippen LogP contribution in [0.2, 0.25) is 0 Å². The van der Waals surface area contributed by atoms with Crippen molar-refractivity contribution in [3.8, 4) is 5.75 Å². The highest BCUT2D eigenvalue weighted by atomic mass is 16.5. The zero-order valence-corrected chi connectivity index (χ0v) is 11.1. The Labute approximate surface area is 108 Å². The molecule has 0 aliphatic heterocycles. The molecular weight excluding hydrogens is 232 g/mol. The maximum Gasteiger partial charge on any atom is 0.137 e. The molecule has 1 aromatic heterocycles. The zero-order chi connectivity index (χ0) is 13.1. The molecule has 0 aliphatic rings. The molecule has 0 atom stereocenters. The van der Waals surface area contributed by atoms with E-state index in [-0.39, 0.29) is 0 Å². The van der Waals surface area contributed by atoms with Gasteiger partial charge in [0.05, 0.1) is 18.5 Å². The molecule has 18 heavy (non-hydrogen) atoms. The molecule has 0 aromatic carbocycles. The van der Waals surface area contributed by atoms with Gasteiger partial charge in [-0.05, 0) is 25.6 Å². The number of methoxy groups -OCH3 is 1. The summed E-state index contributed by atoms with van der Waals surface area (Å²) in [6, 6.07) is 3.87. The Bertz CT molecular complexity index is 304. The van der Waals surface area contributed by atoms with Gasteiger partial charge in [0.2, 0.25) is 0 Å². The van der Waals surface area contributed by atoms with Crippen molar-refractivity contribution >= 4 is 0 Å². The van der Waals surface area contributed by atoms with Gasteiger partial charge < -0.3 is 19.5 Å². The van der Waals surface area contributed by atoms with Crippen molar-refractivity contribution in [3.05, 3.63) is 24.0 Å². The van der Waals surface area contributed by atoms with Crippen LogP contribution in [0, 0.1) is 0 Å². The van der Waals surface area contributed by atoms with Crippen molar-refractivity contribution in [2.75, 3.05) is 40.6 Å². The first-order valence-electron chi connectivity index (χ1n) is 6.16. The summed E-state index contributed by atoms with van der Waals surface area (Å²) in [5, 5.41) is 3.05. The lowest BCUT2D eigenvalue weighted by molar-refractivity contribution is 0.0805. The van der Waals surface area contributed by atoms with Crippen molar-refractivity contribution in [1.82, 2.24) is 10.3 Å². The molecule has 0 aliphatic carbocycles. The minimum atomic E-state index is 0.542. The van der Waals surface area contributed by atoms with Gasteiger partial charge in [0.15, 0.2) is 0 Å². The summed E-state index contributed by atoms with van der Waals surface area (Å²) in [5.41, 5.74) is 1.00. The Hall–Kier alpha value is -1.17. The number of ether oxygens (including phenoxy) is 3. The van der Waals surface area contributed by atoms with Crippen LogP contribution in [0.4, 0.5) is 0 Å². The molecular formula is C13H22N2O3. The normalized spacial score (nSPS) is 10.6. The van der Waals surface area contributed by atoms with Gasteiger partial charge in [-0.25, -0.2) is 0 Å². The molecule has 5 heteroatoms. The number of hydrogen-bond donors (Lipinski definition) is 1. The lowest BCUT2D eigenvalue weighted by Crippen LogP contribution is -2.09. The number of nitrogens with one attached hydrogen (secondary N) is 1. The molecule has 0 saturated carbocycles. The van der Waals surface area contributed by atoms with Crippen LogP contribution >= 0.6 is 0 Å². The molecule has 102 valence electrons. The topological polar surface area (TPSA) is 52.6 Å². The van der Waals surface area contributed by atoms with Gasteiger partial charge in [-0.2, -0.15) is 0 Å². The summed E-state index contributed by atoms with van der Waals surface area (Å²) < 4.78 is 15.8. The molecule has 1 heterocycles. The molecule has 0 unspecified atom stereocenters. The van der Waals surface area contributed by atoms with E-state index in [2.05, 4.69) is 10.3 Å². The van der Waals surface area contributed by atoms with Crippen LogP contribution in [0.25, 0.3) is 0 Å². The second kappa shape index (κ2) is 9.82. The maximum atomic E-state index is 5.51. The van der Waals surface area contributed by atoms with Crippen LogP contribution in [0.1, 0.15) is 12.1 Å². The van der Waals surface area contributed by atoms with Crippen molar-refractivity contribution in [2.45, 2.75) is 13.0 Å². The van der Waals surface area contributed by atoms with E-state index < -0.39 is 0 Å². The Morgan fingerprint density at radius 3 is 2.72 bits per heavy atom. The van der Waals surface area contributed by atoms with Gasteiger partial charge in [-0.3, -0.25) is 4.98 Å². The SMILES string of the molecule is CNCc1ccc(OCCOCCCOC)cn1. The lowest BCUT2D eigenvalue weighted by Gasteiger charge is -2.07. The molecule has 1 rings (SSSR count). The number of aromatic nitrogens is 1. The third-order valence-electron chi connectivity index (χ3n) is 2.29. The minimum absolute atomic E-state index is 0.542. The van der Waals surface area contributed by atoms with Crippen molar-refractivity contribution in [2.24, 2.45) is 0 Å². The summed E-state index contributed by atoms with van der Waals surface area (Å²) in [4.78, 5) is 4.26. The standard InChI is InChI=1S/C13H22N2O3/c1-14-10-12-4-5-13(11-15-12)18-9-8-17-7-3-6-16-2/h4-5,11,14H,3,6-10H2,1-2H3. The van der Waals surface area contributed by atoms with E-state index in [4.69, 9.17) is 14.2 Å². The highest BCUT2D eigenvalue weighted by Gasteiger charge is 1.96. The number of rotatable bonds is 10. The monoisotopic (exact) mass is 254 g/mol. The Morgan fingerprint density at radius 2 is 2.06 bits per heavy atom. The first-order chi connectivity index (χ1) is 8.86. The molecule has 0 saturated heterocycles. The first-order valence-corrected chi connectivity index (χ1v) is 6.16. The molecule has 0 bridgehead atoms. The van der Waals surface area contributed by atoms with Gasteiger partial charge in [-0.1, -0.05) is 0 Å². The number of nitrogens with zero attached hydrogens (tertiary/aromatic N) is 1. The first kappa shape index (κ1) is 14.9. The summed E-state index contributed by atoms with van der Waals surface area (Å²) in [6.07, 6.45) is 2.65. The van der Waals surface area contributed by atoms with Crippen molar-refractivity contribution in [3.63, 3.8) is 0 Å². The van der Waals surface area contributed by atoms with Gasteiger partial charge in [0.25, 0.3) is 0 Å². The van der Waals surface area contributed by atoms with Gasteiger partial charge in [-0.15, -0.1) is 0 Å². The van der Waals surface area contributed by atoms with E-state index in [1.54, 1.807) is 13.3 Å². The highest BCUT2D eigenvalue weighted by molar-refractivity contribution is 5.19. The van der Waals surface area contributed by atoms with Crippen LogP contribution in [-0.4, -0.2) is 45.6 Å². The summed E-state index contributed by atoms with van der Waals surface area (Å²) >= 11 is 0. The summed E-state index contributed by atoms with van der Waals surface area (Å²) in [7, 11) is 3.58. The maximum absolute atomic E-state index is 5.51. The Balaban J connectivity index is 2.08. The van der Waals surface area contributed by atoms with Crippen LogP contribution in [-0.2, 0) is 16.0 Å². The van der Waals surface area contributed by atoms with E-state index in [0.717, 1.165) is 31.0 Å². The van der Waals surface area contributed by atoms with Crippen molar-refractivity contribution in [1.29, 1.82) is 0 Å². The summed E-state index contributed by atoms with van der Waals surface area (Å²) in [6.45, 7) is 3.33. The molecule has 1 aromatic rings. The van der Waals surface area contributed by atoms with Gasteiger partial charge >= 0.3 is 0 Å². The molecule has 0 radical (unpaired) electrons. The van der Waals surface area contributed by atoms with Gasteiger partial charge in [0.1, 0.15) is 12.4 Å². The van der Waals surface area contributed by atoms with Crippen LogP contribution < -0.4 is 10.1 Å². The van der Waals surface area contributed by atoms with E-state index in [0.29, 0.717) is 19.8 Å². The van der Waals surface area contributed by atoms with Crippen LogP contribution in [0.15, 0.2) is 18.3 Å². The fraction of sp³-hybridized carbons (Fsp3) is 0.615. The second-order valence-electron chi connectivity index (χ2n) is 3.82. The summed E-state index contributed by atoms with van der Waals surface area (Å²) in [5.74, 6) is 0.773. The Morgan fingerprint density at radius 1 is 1.17 bits per heavy atom. The molecule has 1 N–H and O–H groups in total. The van der Waals surface area contributed by atoms with Crippen LogP contribution in [0.5, 0.6) is 5.75 Å². The third kappa shape index (κ3) is 6.54.